The van der Waals surface area contributed by atoms with Crippen LogP contribution in [0.4, 0.5) is 0 Å². The van der Waals surface area contributed by atoms with Crippen molar-refractivity contribution in [1.82, 2.24) is 4.98 Å². The topological polar surface area (TPSA) is 56.3 Å². The zero-order valence-electron chi connectivity index (χ0n) is 17.0. The van der Waals surface area contributed by atoms with Gasteiger partial charge in [-0.1, -0.05) is 23.7 Å². The van der Waals surface area contributed by atoms with E-state index in [1.807, 2.05) is 52.0 Å². The van der Waals surface area contributed by atoms with Crippen LogP contribution < -0.4 is 0 Å². The van der Waals surface area contributed by atoms with Crippen molar-refractivity contribution in [3.8, 4) is 10.6 Å². The molecule has 0 N–H and O–H groups in total. The van der Waals surface area contributed by atoms with E-state index in [4.69, 9.17) is 21.3 Å². The van der Waals surface area contributed by atoms with Gasteiger partial charge in [-0.25, -0.2) is 4.98 Å². The molecule has 4 rings (SSSR count). The molecular formula is C23H24ClNO3S. The van der Waals surface area contributed by atoms with Crippen molar-refractivity contribution in [1.29, 1.82) is 0 Å². The molecule has 4 nitrogen and oxygen atoms in total. The summed E-state index contributed by atoms with van der Waals surface area (Å²) in [4.78, 5) is 31.4. The number of allylic oxidation sites excluding steroid dienone is 2. The number of aromatic nitrogens is 1. The SMILES string of the molecule is Cc1nc(-c2ccc(Cl)cc2)sc1C1=C(OC(=O)C(C)(C)C)[C@@H]2CC[C@@H](C2)C1=O. The van der Waals surface area contributed by atoms with E-state index in [0.717, 1.165) is 40.4 Å². The van der Waals surface area contributed by atoms with Gasteiger partial charge in [0.1, 0.15) is 10.8 Å². The Kier molecular flexibility index (Phi) is 5.16. The normalized spacial score (nSPS) is 21.6. The number of aryl methyl sites for hydroxylation is 1. The first kappa shape index (κ1) is 20.3. The van der Waals surface area contributed by atoms with E-state index >= 15 is 0 Å². The van der Waals surface area contributed by atoms with E-state index in [1.54, 1.807) is 0 Å². The predicted molar refractivity (Wildman–Crippen MR) is 116 cm³/mol. The zero-order chi connectivity index (χ0) is 20.9. The summed E-state index contributed by atoms with van der Waals surface area (Å²) in [6.45, 7) is 7.39. The Morgan fingerprint density at radius 2 is 1.83 bits per heavy atom. The molecule has 1 fully saturated rings. The van der Waals surface area contributed by atoms with E-state index < -0.39 is 5.41 Å². The van der Waals surface area contributed by atoms with Gasteiger partial charge in [0, 0.05) is 22.4 Å². The smallest absolute Gasteiger partial charge is 0.316 e. The number of ether oxygens (including phenoxy) is 1. The lowest BCUT2D eigenvalue weighted by Gasteiger charge is -2.27. The Bertz CT molecular complexity index is 1010. The second kappa shape index (κ2) is 7.37. The average molecular weight is 430 g/mol. The third kappa shape index (κ3) is 3.78. The molecule has 2 bridgehead atoms. The van der Waals surface area contributed by atoms with Crippen molar-refractivity contribution in [3.05, 3.63) is 45.6 Å². The maximum Gasteiger partial charge on any atom is 0.316 e. The number of Topliss-reactive ketones (excluding diaryl/α,β-unsaturated/α-hetero) is 1. The Hall–Kier alpha value is -1.98. The van der Waals surface area contributed by atoms with Gasteiger partial charge in [-0.15, -0.1) is 11.3 Å². The molecule has 2 aliphatic carbocycles. The number of halogens is 1. The minimum absolute atomic E-state index is 0.0209. The number of benzene rings is 1. The molecular weight excluding hydrogens is 406 g/mol. The van der Waals surface area contributed by atoms with E-state index in [9.17, 15) is 9.59 Å². The molecule has 152 valence electrons. The zero-order valence-corrected chi connectivity index (χ0v) is 18.6. The third-order valence-corrected chi connectivity index (χ3v) is 7.07. The summed E-state index contributed by atoms with van der Waals surface area (Å²) in [6.07, 6.45) is 2.51. The fourth-order valence-corrected chi connectivity index (χ4v) is 5.20. The summed E-state index contributed by atoms with van der Waals surface area (Å²) in [5.74, 6) is 0.484. The summed E-state index contributed by atoms with van der Waals surface area (Å²) >= 11 is 7.48. The molecule has 0 amide bonds. The van der Waals surface area contributed by atoms with Crippen LogP contribution in [0.15, 0.2) is 30.0 Å². The molecule has 0 spiro atoms. The first-order valence-corrected chi connectivity index (χ1v) is 11.1. The molecule has 0 radical (unpaired) electrons. The molecule has 2 atom stereocenters. The lowest BCUT2D eigenvalue weighted by molar-refractivity contribution is -0.149. The number of nitrogens with zero attached hydrogens (tertiary/aromatic N) is 1. The van der Waals surface area contributed by atoms with Crippen molar-refractivity contribution in [3.63, 3.8) is 0 Å². The molecule has 29 heavy (non-hydrogen) atoms. The molecule has 1 aromatic heterocycles. The minimum Gasteiger partial charge on any atom is -0.430 e. The molecule has 1 aromatic carbocycles. The van der Waals surface area contributed by atoms with Gasteiger partial charge >= 0.3 is 5.97 Å². The number of fused-ring (bicyclic) bond motifs is 2. The Balaban J connectivity index is 1.81. The summed E-state index contributed by atoms with van der Waals surface area (Å²) < 4.78 is 5.89. The van der Waals surface area contributed by atoms with E-state index in [1.165, 1.54) is 11.3 Å². The van der Waals surface area contributed by atoms with Gasteiger partial charge < -0.3 is 4.74 Å². The number of hydrogen-bond donors (Lipinski definition) is 0. The number of carbonyl (C=O) groups excluding carboxylic acids is 2. The maximum absolute atomic E-state index is 13.3. The van der Waals surface area contributed by atoms with E-state index in [-0.39, 0.29) is 23.6 Å². The van der Waals surface area contributed by atoms with Crippen molar-refractivity contribution >= 4 is 40.3 Å². The molecule has 1 saturated carbocycles. The van der Waals surface area contributed by atoms with Crippen molar-refractivity contribution in [2.75, 3.05) is 0 Å². The largest absolute Gasteiger partial charge is 0.430 e. The van der Waals surface area contributed by atoms with Crippen molar-refractivity contribution in [2.24, 2.45) is 17.3 Å². The monoisotopic (exact) mass is 429 g/mol. The summed E-state index contributed by atoms with van der Waals surface area (Å²) in [5.41, 5.74) is 1.67. The Morgan fingerprint density at radius 1 is 1.17 bits per heavy atom. The highest BCUT2D eigenvalue weighted by atomic mass is 35.5. The average Bonchev–Trinajstić information content (AvgIpc) is 3.25. The third-order valence-electron chi connectivity index (χ3n) is 5.60. The number of rotatable bonds is 3. The van der Waals surface area contributed by atoms with Gasteiger partial charge in [0.2, 0.25) is 0 Å². The van der Waals surface area contributed by atoms with Crippen LogP contribution >= 0.6 is 22.9 Å². The van der Waals surface area contributed by atoms with Gasteiger partial charge in [-0.3, -0.25) is 9.59 Å². The molecule has 1 heterocycles. The van der Waals surface area contributed by atoms with Crippen LogP contribution in [-0.2, 0) is 14.3 Å². The number of ketones is 1. The fraction of sp³-hybridized carbons (Fsp3) is 0.435. The van der Waals surface area contributed by atoms with Crippen LogP contribution in [0.25, 0.3) is 16.1 Å². The fourth-order valence-electron chi connectivity index (χ4n) is 3.94. The molecule has 0 aliphatic heterocycles. The van der Waals surface area contributed by atoms with Crippen molar-refractivity contribution < 1.29 is 14.3 Å². The predicted octanol–water partition coefficient (Wildman–Crippen LogP) is 6.07. The molecule has 2 aliphatic rings. The maximum atomic E-state index is 13.3. The molecule has 0 unspecified atom stereocenters. The van der Waals surface area contributed by atoms with E-state index in [0.29, 0.717) is 16.4 Å². The quantitative estimate of drug-likeness (QED) is 0.555. The van der Waals surface area contributed by atoms with Crippen LogP contribution in [0.2, 0.25) is 5.02 Å². The number of thiazole rings is 1. The summed E-state index contributed by atoms with van der Waals surface area (Å²) in [5, 5.41) is 1.49. The highest BCUT2D eigenvalue weighted by Gasteiger charge is 2.44. The van der Waals surface area contributed by atoms with E-state index in [2.05, 4.69) is 0 Å². The van der Waals surface area contributed by atoms with Crippen molar-refractivity contribution in [2.45, 2.75) is 47.0 Å². The van der Waals surface area contributed by atoms with Gasteiger partial charge in [-0.2, -0.15) is 0 Å². The summed E-state index contributed by atoms with van der Waals surface area (Å²) in [6, 6.07) is 7.50. The number of esters is 1. The van der Waals surface area contributed by atoms with Crippen LogP contribution in [0.3, 0.4) is 0 Å². The molecule has 0 saturated heterocycles. The van der Waals surface area contributed by atoms with Crippen LogP contribution in [0, 0.1) is 24.2 Å². The van der Waals surface area contributed by atoms with Gasteiger partial charge in [0.25, 0.3) is 0 Å². The molecule has 2 aromatic rings. The Morgan fingerprint density at radius 3 is 2.48 bits per heavy atom. The Labute approximate surface area is 179 Å². The van der Waals surface area contributed by atoms with Crippen LogP contribution in [0.5, 0.6) is 0 Å². The number of hydrogen-bond acceptors (Lipinski definition) is 5. The first-order valence-electron chi connectivity index (χ1n) is 9.89. The number of carbonyl (C=O) groups is 2. The highest BCUT2D eigenvalue weighted by Crippen LogP contribution is 2.49. The van der Waals surface area contributed by atoms with Crippen LogP contribution in [0.1, 0.15) is 50.6 Å². The second-order valence-corrected chi connectivity index (χ2v) is 10.3. The molecule has 6 heteroatoms. The lowest BCUT2D eigenvalue weighted by atomic mass is 9.85. The lowest BCUT2D eigenvalue weighted by Crippen LogP contribution is -2.28. The first-order chi connectivity index (χ1) is 13.6. The summed E-state index contributed by atoms with van der Waals surface area (Å²) in [7, 11) is 0. The van der Waals surface area contributed by atoms with Gasteiger partial charge in [0.05, 0.1) is 21.6 Å². The standard InChI is InChI=1S/C23H24ClNO3S/c1-12-20(29-21(25-12)13-7-9-16(24)10-8-13)17-18(26)14-5-6-15(11-14)19(17)28-22(27)23(2,3)4/h7-10,14-15H,5-6,11H2,1-4H3/t14-,15+/m0/s1. The van der Waals surface area contributed by atoms with Gasteiger partial charge in [-0.05, 0) is 59.1 Å². The second-order valence-electron chi connectivity index (χ2n) is 8.89. The highest BCUT2D eigenvalue weighted by molar-refractivity contribution is 7.16. The van der Waals surface area contributed by atoms with Crippen LogP contribution in [-0.4, -0.2) is 16.7 Å². The van der Waals surface area contributed by atoms with Gasteiger partial charge in [0.15, 0.2) is 5.78 Å². The minimum atomic E-state index is -0.631.